The average Bonchev–Trinajstić information content (AvgIpc) is 2.68. The predicted octanol–water partition coefficient (Wildman–Crippen LogP) is 2.18. The molecule has 0 fully saturated rings. The summed E-state index contributed by atoms with van der Waals surface area (Å²) in [4.78, 5) is 33.8. The number of nitro benzene ring substituents is 1. The third-order valence-corrected chi connectivity index (χ3v) is 3.58. The Morgan fingerprint density at radius 1 is 1.21 bits per heavy atom. The van der Waals surface area contributed by atoms with Gasteiger partial charge in [0.1, 0.15) is 11.5 Å². The number of para-hydroxylation sites is 2. The zero-order valence-electron chi connectivity index (χ0n) is 14.9. The van der Waals surface area contributed by atoms with Crippen LogP contribution in [0.25, 0.3) is 0 Å². The van der Waals surface area contributed by atoms with Crippen LogP contribution in [0.4, 0.5) is 11.4 Å². The fraction of sp³-hybridized carbons (Fsp3) is 0.167. The van der Waals surface area contributed by atoms with E-state index in [1.54, 1.807) is 24.3 Å². The number of phenols is 1. The van der Waals surface area contributed by atoms with Gasteiger partial charge in [0.2, 0.25) is 11.8 Å². The molecule has 0 spiro atoms. The highest BCUT2D eigenvalue weighted by molar-refractivity contribution is 5.94. The number of non-ortho nitro benzene ring substituents is 1. The second-order valence-corrected chi connectivity index (χ2v) is 5.54. The van der Waals surface area contributed by atoms with E-state index < -0.39 is 10.8 Å². The van der Waals surface area contributed by atoms with Crippen molar-refractivity contribution >= 4 is 29.4 Å². The van der Waals surface area contributed by atoms with E-state index in [1.165, 1.54) is 7.11 Å². The van der Waals surface area contributed by atoms with Gasteiger partial charge in [-0.05, 0) is 18.2 Å². The number of anilines is 1. The summed E-state index contributed by atoms with van der Waals surface area (Å²) in [5.41, 5.74) is 2.54. The Kier molecular flexibility index (Phi) is 7.03. The highest BCUT2D eigenvalue weighted by Crippen LogP contribution is 2.23. The number of nitro groups is 1. The molecule has 0 saturated carbocycles. The van der Waals surface area contributed by atoms with E-state index in [-0.39, 0.29) is 35.7 Å². The summed E-state index contributed by atoms with van der Waals surface area (Å²) < 4.78 is 5.12. The molecule has 2 aromatic rings. The molecule has 0 heterocycles. The fourth-order valence-corrected chi connectivity index (χ4v) is 2.18. The lowest BCUT2D eigenvalue weighted by atomic mass is 10.2. The molecule has 10 heteroatoms. The lowest BCUT2D eigenvalue weighted by molar-refractivity contribution is -0.384. The van der Waals surface area contributed by atoms with Crippen molar-refractivity contribution in [2.75, 3.05) is 12.4 Å². The van der Waals surface area contributed by atoms with Gasteiger partial charge in [0.15, 0.2) is 0 Å². The number of aromatic hydroxyl groups is 1. The molecule has 0 aliphatic rings. The monoisotopic (exact) mass is 386 g/mol. The molecular weight excluding hydrogens is 368 g/mol. The van der Waals surface area contributed by atoms with Crippen LogP contribution in [0, 0.1) is 10.1 Å². The minimum Gasteiger partial charge on any atom is -0.507 e. The van der Waals surface area contributed by atoms with Crippen LogP contribution in [0.2, 0.25) is 0 Å². The number of carbonyl (C=O) groups is 2. The van der Waals surface area contributed by atoms with Gasteiger partial charge in [-0.1, -0.05) is 12.1 Å². The number of nitrogens with zero attached hydrogens (tertiary/aromatic N) is 2. The van der Waals surface area contributed by atoms with Crippen molar-refractivity contribution in [3.05, 3.63) is 58.1 Å². The summed E-state index contributed by atoms with van der Waals surface area (Å²) in [5.74, 6) is -0.627. The van der Waals surface area contributed by atoms with Crippen LogP contribution in [0.15, 0.2) is 47.6 Å². The third kappa shape index (κ3) is 5.80. The standard InChI is InChI=1S/C18H18N4O6/c1-28-16-5-3-2-4-14(16)20-17(24)8-9-18(25)21-19-11-12-10-13(22(26)27)6-7-15(12)23/h2-7,10-11,23H,8-9H2,1H3,(H,20,24)(H,21,25). The minimum absolute atomic E-state index is 0.0726. The summed E-state index contributed by atoms with van der Waals surface area (Å²) >= 11 is 0. The molecule has 2 rings (SSSR count). The van der Waals surface area contributed by atoms with Crippen molar-refractivity contribution in [3.8, 4) is 11.5 Å². The highest BCUT2D eigenvalue weighted by Gasteiger charge is 2.10. The van der Waals surface area contributed by atoms with Crippen LogP contribution in [0.5, 0.6) is 11.5 Å². The molecule has 0 radical (unpaired) electrons. The van der Waals surface area contributed by atoms with Crippen molar-refractivity contribution in [3.63, 3.8) is 0 Å². The van der Waals surface area contributed by atoms with Crippen LogP contribution in [-0.2, 0) is 9.59 Å². The van der Waals surface area contributed by atoms with Gasteiger partial charge in [0, 0.05) is 30.5 Å². The van der Waals surface area contributed by atoms with Crippen molar-refractivity contribution in [2.24, 2.45) is 5.10 Å². The number of ether oxygens (including phenoxy) is 1. The maximum atomic E-state index is 11.9. The Bertz CT molecular complexity index is 913. The summed E-state index contributed by atoms with van der Waals surface area (Å²) in [7, 11) is 1.48. The topological polar surface area (TPSA) is 143 Å². The van der Waals surface area contributed by atoms with Gasteiger partial charge >= 0.3 is 0 Å². The van der Waals surface area contributed by atoms with E-state index >= 15 is 0 Å². The zero-order valence-corrected chi connectivity index (χ0v) is 14.9. The molecule has 0 aromatic heterocycles. The Balaban J connectivity index is 1.84. The number of nitrogens with one attached hydrogen (secondary N) is 2. The molecule has 0 bridgehead atoms. The molecule has 10 nitrogen and oxygen atoms in total. The molecule has 0 atom stereocenters. The SMILES string of the molecule is COc1ccccc1NC(=O)CCC(=O)NN=Cc1cc([N+](=O)[O-])ccc1O. The maximum absolute atomic E-state index is 11.9. The Morgan fingerprint density at radius 3 is 2.64 bits per heavy atom. The van der Waals surface area contributed by atoms with Crippen LogP contribution >= 0.6 is 0 Å². The van der Waals surface area contributed by atoms with Crippen molar-refractivity contribution in [1.29, 1.82) is 0 Å². The molecule has 0 aliphatic carbocycles. The normalized spacial score (nSPS) is 10.5. The van der Waals surface area contributed by atoms with E-state index in [0.29, 0.717) is 11.4 Å². The number of methoxy groups -OCH3 is 1. The molecule has 0 unspecified atom stereocenters. The number of hydrogen-bond acceptors (Lipinski definition) is 7. The molecule has 28 heavy (non-hydrogen) atoms. The number of carbonyl (C=O) groups excluding carboxylic acids is 2. The van der Waals surface area contributed by atoms with Gasteiger partial charge in [0.25, 0.3) is 5.69 Å². The number of hydrogen-bond donors (Lipinski definition) is 3. The molecule has 146 valence electrons. The van der Waals surface area contributed by atoms with E-state index in [2.05, 4.69) is 15.8 Å². The number of benzene rings is 2. The van der Waals surface area contributed by atoms with Gasteiger partial charge in [-0.3, -0.25) is 19.7 Å². The van der Waals surface area contributed by atoms with Crippen LogP contribution in [0.1, 0.15) is 18.4 Å². The first-order valence-electron chi connectivity index (χ1n) is 8.13. The molecule has 0 saturated heterocycles. The van der Waals surface area contributed by atoms with Crippen LogP contribution in [0.3, 0.4) is 0 Å². The molecular formula is C18H18N4O6. The number of phenolic OH excluding ortho intramolecular Hbond substituents is 1. The molecule has 2 aromatic carbocycles. The predicted molar refractivity (Wildman–Crippen MR) is 101 cm³/mol. The van der Waals surface area contributed by atoms with E-state index in [1.807, 2.05) is 0 Å². The first-order chi connectivity index (χ1) is 13.4. The Morgan fingerprint density at radius 2 is 1.93 bits per heavy atom. The first kappa shape index (κ1) is 20.4. The zero-order chi connectivity index (χ0) is 20.5. The van der Waals surface area contributed by atoms with Crippen molar-refractivity contribution < 1.29 is 24.4 Å². The van der Waals surface area contributed by atoms with Gasteiger partial charge in [-0.2, -0.15) is 5.10 Å². The average molecular weight is 386 g/mol. The van der Waals surface area contributed by atoms with Gasteiger partial charge in [-0.25, -0.2) is 5.43 Å². The lowest BCUT2D eigenvalue weighted by Crippen LogP contribution is -2.20. The molecule has 0 aliphatic heterocycles. The summed E-state index contributed by atoms with van der Waals surface area (Å²) in [6.45, 7) is 0. The van der Waals surface area contributed by atoms with Gasteiger partial charge < -0.3 is 15.2 Å². The summed E-state index contributed by atoms with van der Waals surface area (Å²) in [6, 6.07) is 10.3. The second-order valence-electron chi connectivity index (χ2n) is 5.54. The van der Waals surface area contributed by atoms with Gasteiger partial charge in [-0.15, -0.1) is 0 Å². The lowest BCUT2D eigenvalue weighted by Gasteiger charge is -2.09. The van der Waals surface area contributed by atoms with Crippen molar-refractivity contribution in [1.82, 2.24) is 5.43 Å². The van der Waals surface area contributed by atoms with E-state index in [0.717, 1.165) is 24.4 Å². The quantitative estimate of drug-likeness (QED) is 0.360. The summed E-state index contributed by atoms with van der Waals surface area (Å²) in [5, 5.41) is 26.7. The van der Waals surface area contributed by atoms with Crippen LogP contribution < -0.4 is 15.5 Å². The smallest absolute Gasteiger partial charge is 0.270 e. The number of amides is 2. The maximum Gasteiger partial charge on any atom is 0.270 e. The Labute approximate surface area is 160 Å². The number of rotatable bonds is 8. The minimum atomic E-state index is -0.615. The highest BCUT2D eigenvalue weighted by atomic mass is 16.6. The fourth-order valence-electron chi connectivity index (χ4n) is 2.18. The van der Waals surface area contributed by atoms with Crippen molar-refractivity contribution in [2.45, 2.75) is 12.8 Å². The van der Waals surface area contributed by atoms with E-state index in [9.17, 15) is 24.8 Å². The summed E-state index contributed by atoms with van der Waals surface area (Å²) in [6.07, 6.45) is 0.871. The third-order valence-electron chi connectivity index (χ3n) is 3.58. The van der Waals surface area contributed by atoms with E-state index in [4.69, 9.17) is 4.74 Å². The number of hydrazone groups is 1. The first-order valence-corrected chi connectivity index (χ1v) is 8.13. The Hall–Kier alpha value is -3.95. The second kappa shape index (κ2) is 9.67. The van der Waals surface area contributed by atoms with Crippen LogP contribution in [-0.4, -0.2) is 35.2 Å². The van der Waals surface area contributed by atoms with Gasteiger partial charge in [0.05, 0.1) is 23.9 Å². The largest absolute Gasteiger partial charge is 0.507 e. The molecule has 3 N–H and O–H groups in total. The molecule has 2 amide bonds.